The minimum Gasteiger partial charge on any atom is -0.381 e. The molecule has 2 unspecified atom stereocenters. The van der Waals surface area contributed by atoms with Gasteiger partial charge >= 0.3 is 0 Å². The summed E-state index contributed by atoms with van der Waals surface area (Å²) < 4.78 is 0. The largest absolute Gasteiger partial charge is 0.381 e. The predicted molar refractivity (Wildman–Crippen MR) is 59.4 cm³/mol. The van der Waals surface area contributed by atoms with E-state index in [0.717, 1.165) is 12.3 Å². The van der Waals surface area contributed by atoms with Gasteiger partial charge in [0.05, 0.1) is 0 Å². The molecule has 1 amide bonds. The highest BCUT2D eigenvalue weighted by molar-refractivity contribution is 8.00. The maximum Gasteiger partial charge on any atom is 0.254 e. The molecule has 3 nitrogen and oxygen atoms in total. The molecule has 0 saturated carbocycles. The van der Waals surface area contributed by atoms with Gasteiger partial charge in [-0.1, -0.05) is 6.92 Å². The summed E-state index contributed by atoms with van der Waals surface area (Å²) >= 11 is 1.88. The molecule has 82 valence electrons. The smallest absolute Gasteiger partial charge is 0.254 e. The second-order valence-corrected chi connectivity index (χ2v) is 5.86. The number of rotatable bonds is 1. The predicted octanol–water partition coefficient (Wildman–Crippen LogP) is 1.11. The lowest BCUT2D eigenvalue weighted by Crippen LogP contribution is -2.54. The van der Waals surface area contributed by atoms with Crippen LogP contribution in [-0.4, -0.2) is 45.1 Å². The summed E-state index contributed by atoms with van der Waals surface area (Å²) in [4.78, 5) is 13.6. The van der Waals surface area contributed by atoms with Crippen LogP contribution in [0.15, 0.2) is 0 Å². The molecule has 0 aliphatic carbocycles. The molecule has 0 aromatic rings. The van der Waals surface area contributed by atoms with Gasteiger partial charge in [-0.2, -0.15) is 11.8 Å². The third kappa shape index (κ3) is 2.42. The normalized spacial score (nSPS) is 29.1. The van der Waals surface area contributed by atoms with E-state index in [1.807, 2.05) is 18.7 Å². The zero-order chi connectivity index (χ0) is 10.9. The summed E-state index contributed by atoms with van der Waals surface area (Å²) in [5.74, 6) is 0.810. The van der Waals surface area contributed by atoms with Crippen molar-refractivity contribution in [2.24, 2.45) is 0 Å². The minimum atomic E-state index is -1.24. The van der Waals surface area contributed by atoms with Crippen molar-refractivity contribution in [1.29, 1.82) is 0 Å². The number of carbonyl (C=O) groups is 1. The highest BCUT2D eigenvalue weighted by atomic mass is 32.2. The van der Waals surface area contributed by atoms with E-state index >= 15 is 0 Å². The highest BCUT2D eigenvalue weighted by Gasteiger charge is 2.35. The summed E-state index contributed by atoms with van der Waals surface area (Å²) in [5, 5.41) is 10.1. The zero-order valence-corrected chi connectivity index (χ0v) is 10.1. The molecular formula is C10H19NO2S. The first kappa shape index (κ1) is 11.9. The van der Waals surface area contributed by atoms with E-state index in [9.17, 15) is 9.90 Å². The fraction of sp³-hybridized carbons (Fsp3) is 0.900. The maximum absolute atomic E-state index is 11.8. The van der Waals surface area contributed by atoms with Gasteiger partial charge in [-0.15, -0.1) is 0 Å². The molecule has 4 heteroatoms. The average Bonchev–Trinajstić information content (AvgIpc) is 2.07. The third-order valence-electron chi connectivity index (χ3n) is 2.67. The van der Waals surface area contributed by atoms with Crippen LogP contribution >= 0.6 is 11.8 Å². The quantitative estimate of drug-likeness (QED) is 0.715. The summed E-state index contributed by atoms with van der Waals surface area (Å²) in [5.41, 5.74) is -1.24. The van der Waals surface area contributed by atoms with Crippen LogP contribution in [0, 0.1) is 0 Å². The Bertz CT molecular complexity index is 225. The molecule has 0 bridgehead atoms. The Morgan fingerprint density at radius 1 is 1.50 bits per heavy atom. The molecule has 1 rings (SSSR count). The maximum atomic E-state index is 11.8. The van der Waals surface area contributed by atoms with E-state index in [1.165, 1.54) is 0 Å². The van der Waals surface area contributed by atoms with Gasteiger partial charge in [0.15, 0.2) is 0 Å². The van der Waals surface area contributed by atoms with Crippen LogP contribution in [0.5, 0.6) is 0 Å². The van der Waals surface area contributed by atoms with Gasteiger partial charge in [-0.25, -0.2) is 0 Å². The number of aliphatic hydroxyl groups is 1. The Morgan fingerprint density at radius 2 is 2.07 bits per heavy atom. The number of nitrogens with zero attached hydrogens (tertiary/aromatic N) is 1. The third-order valence-corrected chi connectivity index (χ3v) is 4.01. The topological polar surface area (TPSA) is 40.5 Å². The first-order chi connectivity index (χ1) is 6.34. The lowest BCUT2D eigenvalue weighted by atomic mass is 10.1. The standard InChI is InChI=1S/C10H19NO2S/c1-7-8(2)14-6-5-11(7)9(12)10(3,4)13/h7-8,13H,5-6H2,1-4H3. The Morgan fingerprint density at radius 3 is 2.57 bits per heavy atom. The first-order valence-electron chi connectivity index (χ1n) is 4.99. The number of amides is 1. The first-order valence-corrected chi connectivity index (χ1v) is 6.04. The number of hydrogen-bond donors (Lipinski definition) is 1. The van der Waals surface area contributed by atoms with Crippen LogP contribution in [0.2, 0.25) is 0 Å². The second-order valence-electron chi connectivity index (χ2n) is 4.37. The van der Waals surface area contributed by atoms with E-state index in [4.69, 9.17) is 0 Å². The average molecular weight is 217 g/mol. The van der Waals surface area contributed by atoms with Crippen LogP contribution < -0.4 is 0 Å². The second kappa shape index (κ2) is 4.11. The number of thioether (sulfide) groups is 1. The number of hydrogen-bond acceptors (Lipinski definition) is 3. The zero-order valence-electron chi connectivity index (χ0n) is 9.28. The van der Waals surface area contributed by atoms with Gasteiger partial charge < -0.3 is 10.0 Å². The van der Waals surface area contributed by atoms with Crippen molar-refractivity contribution in [2.75, 3.05) is 12.3 Å². The molecule has 2 atom stereocenters. The van der Waals surface area contributed by atoms with Crippen LogP contribution in [0.4, 0.5) is 0 Å². The number of carbonyl (C=O) groups excluding carboxylic acids is 1. The van der Waals surface area contributed by atoms with E-state index in [1.54, 1.807) is 18.7 Å². The van der Waals surface area contributed by atoms with Gasteiger partial charge in [0.1, 0.15) is 5.60 Å². The van der Waals surface area contributed by atoms with Crippen LogP contribution in [0.3, 0.4) is 0 Å². The van der Waals surface area contributed by atoms with Gasteiger partial charge in [-0.05, 0) is 20.8 Å². The molecule has 1 N–H and O–H groups in total. The molecule has 1 aliphatic rings. The van der Waals surface area contributed by atoms with Crippen molar-refractivity contribution in [1.82, 2.24) is 4.90 Å². The molecule has 0 aromatic heterocycles. The van der Waals surface area contributed by atoms with Crippen molar-refractivity contribution in [3.05, 3.63) is 0 Å². The fourth-order valence-corrected chi connectivity index (χ4v) is 2.67. The Balaban J connectivity index is 2.72. The Kier molecular flexibility index (Phi) is 3.48. The Labute approximate surface area is 89.9 Å². The minimum absolute atomic E-state index is 0.155. The summed E-state index contributed by atoms with van der Waals surface area (Å²) in [7, 11) is 0. The molecule has 0 radical (unpaired) electrons. The SMILES string of the molecule is CC1SCCN(C(=O)C(C)(C)O)C1C. The Hall–Kier alpha value is -0.220. The molecule has 1 saturated heterocycles. The molecule has 0 aromatic carbocycles. The van der Waals surface area contributed by atoms with Crippen LogP contribution in [-0.2, 0) is 4.79 Å². The van der Waals surface area contributed by atoms with E-state index < -0.39 is 5.60 Å². The lowest BCUT2D eigenvalue weighted by molar-refractivity contribution is -0.149. The van der Waals surface area contributed by atoms with Gasteiger partial charge in [0, 0.05) is 23.6 Å². The fourth-order valence-electron chi connectivity index (χ4n) is 1.57. The highest BCUT2D eigenvalue weighted by Crippen LogP contribution is 2.26. The summed E-state index contributed by atoms with van der Waals surface area (Å²) in [6, 6.07) is 0.215. The molecule has 1 aliphatic heterocycles. The summed E-state index contributed by atoms with van der Waals surface area (Å²) in [6.07, 6.45) is 0. The van der Waals surface area contributed by atoms with E-state index in [0.29, 0.717) is 5.25 Å². The van der Waals surface area contributed by atoms with Gasteiger partial charge in [-0.3, -0.25) is 4.79 Å². The van der Waals surface area contributed by atoms with Crippen molar-refractivity contribution in [3.63, 3.8) is 0 Å². The van der Waals surface area contributed by atoms with Crippen LogP contribution in [0.1, 0.15) is 27.7 Å². The van der Waals surface area contributed by atoms with E-state index in [-0.39, 0.29) is 11.9 Å². The molecular weight excluding hydrogens is 198 g/mol. The van der Waals surface area contributed by atoms with Crippen molar-refractivity contribution < 1.29 is 9.90 Å². The monoisotopic (exact) mass is 217 g/mol. The molecule has 1 fully saturated rings. The summed E-state index contributed by atoms with van der Waals surface area (Å²) in [6.45, 7) is 8.02. The van der Waals surface area contributed by atoms with E-state index in [2.05, 4.69) is 6.92 Å². The van der Waals surface area contributed by atoms with Crippen molar-refractivity contribution in [2.45, 2.75) is 44.6 Å². The molecule has 0 spiro atoms. The molecule has 1 heterocycles. The van der Waals surface area contributed by atoms with Crippen molar-refractivity contribution >= 4 is 17.7 Å². The lowest BCUT2D eigenvalue weighted by Gasteiger charge is -2.40. The van der Waals surface area contributed by atoms with Gasteiger partial charge in [0.2, 0.25) is 0 Å². The van der Waals surface area contributed by atoms with Crippen LogP contribution in [0.25, 0.3) is 0 Å². The molecule has 14 heavy (non-hydrogen) atoms. The van der Waals surface area contributed by atoms with Crippen molar-refractivity contribution in [3.8, 4) is 0 Å². The van der Waals surface area contributed by atoms with Gasteiger partial charge in [0.25, 0.3) is 5.91 Å².